The zero-order chi connectivity index (χ0) is 13.2. The van der Waals surface area contributed by atoms with E-state index < -0.39 is 15.3 Å². The van der Waals surface area contributed by atoms with E-state index in [0.29, 0.717) is 5.69 Å². The molecule has 3 N–H and O–H groups in total. The second-order valence-electron chi connectivity index (χ2n) is 4.47. The summed E-state index contributed by atoms with van der Waals surface area (Å²) in [6, 6.07) is 3.91. The predicted molar refractivity (Wildman–Crippen MR) is 71.7 cm³/mol. The summed E-state index contributed by atoms with van der Waals surface area (Å²) < 4.78 is 26.5. The van der Waals surface area contributed by atoms with Crippen LogP contribution in [0.2, 0.25) is 0 Å². The van der Waals surface area contributed by atoms with Crippen molar-refractivity contribution in [1.82, 2.24) is 0 Å². The molecule has 0 heterocycles. The third-order valence-electron chi connectivity index (χ3n) is 2.78. The van der Waals surface area contributed by atoms with Gasteiger partial charge in [0.2, 0.25) is 10.0 Å². The highest BCUT2D eigenvalue weighted by atomic mass is 32.2. The van der Waals surface area contributed by atoms with Crippen LogP contribution in [-0.4, -0.2) is 20.2 Å². The Hall–Kier alpha value is -1.07. The van der Waals surface area contributed by atoms with Crippen molar-refractivity contribution in [3.05, 3.63) is 28.8 Å². The van der Waals surface area contributed by atoms with Crippen LogP contribution in [0.15, 0.2) is 12.1 Å². The fraction of sp³-hybridized carbons (Fsp3) is 0.500. The molecule has 0 bridgehead atoms. The van der Waals surface area contributed by atoms with Crippen molar-refractivity contribution in [2.24, 2.45) is 5.73 Å². The van der Waals surface area contributed by atoms with Crippen molar-refractivity contribution in [1.29, 1.82) is 0 Å². The Labute approximate surface area is 103 Å². The number of sulfonamides is 1. The van der Waals surface area contributed by atoms with Gasteiger partial charge in [0.1, 0.15) is 0 Å². The van der Waals surface area contributed by atoms with Gasteiger partial charge in [-0.2, -0.15) is 0 Å². The van der Waals surface area contributed by atoms with Gasteiger partial charge in [-0.1, -0.05) is 17.7 Å². The normalized spacial score (nSPS) is 13.5. The summed E-state index contributed by atoms with van der Waals surface area (Å²) in [4.78, 5) is 0. The fourth-order valence-electron chi connectivity index (χ4n) is 1.71. The zero-order valence-electron chi connectivity index (χ0n) is 10.7. The molecule has 0 aliphatic rings. The maximum atomic E-state index is 11.9. The van der Waals surface area contributed by atoms with Gasteiger partial charge >= 0.3 is 0 Å². The lowest BCUT2D eigenvalue weighted by atomic mass is 10.1. The summed E-state index contributed by atoms with van der Waals surface area (Å²) in [6.45, 7) is 7.48. The smallest absolute Gasteiger partial charge is 0.236 e. The first-order valence-electron chi connectivity index (χ1n) is 5.57. The lowest BCUT2D eigenvalue weighted by Crippen LogP contribution is -2.32. The third kappa shape index (κ3) is 3.20. The fourth-order valence-corrected chi connectivity index (χ4v) is 2.77. The van der Waals surface area contributed by atoms with Crippen molar-refractivity contribution >= 4 is 15.7 Å². The molecule has 5 heteroatoms. The molecule has 96 valence electrons. The number of hydrogen-bond acceptors (Lipinski definition) is 3. The van der Waals surface area contributed by atoms with Crippen molar-refractivity contribution < 1.29 is 8.42 Å². The van der Waals surface area contributed by atoms with Gasteiger partial charge in [0.05, 0.1) is 10.9 Å². The van der Waals surface area contributed by atoms with Crippen molar-refractivity contribution in [3.8, 4) is 0 Å². The lowest BCUT2D eigenvalue weighted by molar-refractivity contribution is 0.589. The Bertz CT molecular complexity index is 486. The molecule has 0 aliphatic heterocycles. The standard InChI is InChI=1S/C12H20N2O2S/c1-8-5-9(2)12(10(3)6-8)14-17(15,16)11(4)7-13/h5-6,11,14H,7,13H2,1-4H3. The highest BCUT2D eigenvalue weighted by Crippen LogP contribution is 2.23. The molecule has 1 aromatic rings. The van der Waals surface area contributed by atoms with Gasteiger partial charge in [0, 0.05) is 6.54 Å². The van der Waals surface area contributed by atoms with Crippen molar-refractivity contribution in [3.63, 3.8) is 0 Å². The van der Waals surface area contributed by atoms with Gasteiger partial charge in [-0.05, 0) is 38.8 Å². The Balaban J connectivity index is 3.13. The third-order valence-corrected chi connectivity index (χ3v) is 4.52. The molecule has 0 spiro atoms. The average molecular weight is 256 g/mol. The van der Waals surface area contributed by atoms with Gasteiger partial charge in [-0.15, -0.1) is 0 Å². The largest absolute Gasteiger partial charge is 0.329 e. The van der Waals surface area contributed by atoms with Gasteiger partial charge in [-0.25, -0.2) is 8.42 Å². The number of nitrogens with two attached hydrogens (primary N) is 1. The van der Waals surface area contributed by atoms with E-state index in [-0.39, 0.29) is 6.54 Å². The van der Waals surface area contributed by atoms with Crippen LogP contribution in [0.3, 0.4) is 0 Å². The molecule has 0 aliphatic carbocycles. The molecule has 1 unspecified atom stereocenters. The van der Waals surface area contributed by atoms with E-state index in [4.69, 9.17) is 5.73 Å². The first kappa shape index (κ1) is 14.0. The van der Waals surface area contributed by atoms with Crippen LogP contribution in [0.4, 0.5) is 5.69 Å². The predicted octanol–water partition coefficient (Wildman–Crippen LogP) is 1.70. The molecule has 0 amide bonds. The summed E-state index contributed by atoms with van der Waals surface area (Å²) in [5.41, 5.74) is 9.03. The molecule has 0 fully saturated rings. The topological polar surface area (TPSA) is 72.2 Å². The maximum Gasteiger partial charge on any atom is 0.236 e. The van der Waals surface area contributed by atoms with Crippen LogP contribution in [0.25, 0.3) is 0 Å². The Morgan fingerprint density at radius 3 is 2.12 bits per heavy atom. The number of benzene rings is 1. The number of aryl methyl sites for hydroxylation is 3. The van der Waals surface area contributed by atoms with Gasteiger partial charge in [0.15, 0.2) is 0 Å². The van der Waals surface area contributed by atoms with E-state index in [1.165, 1.54) is 0 Å². The maximum absolute atomic E-state index is 11.9. The first-order chi connectivity index (χ1) is 7.77. The second-order valence-corrected chi connectivity index (χ2v) is 6.57. The molecule has 0 radical (unpaired) electrons. The summed E-state index contributed by atoms with van der Waals surface area (Å²) in [6.07, 6.45) is 0. The van der Waals surface area contributed by atoms with Crippen molar-refractivity contribution in [2.75, 3.05) is 11.3 Å². The molecular formula is C12H20N2O2S. The minimum absolute atomic E-state index is 0.110. The van der Waals surface area contributed by atoms with Crippen LogP contribution < -0.4 is 10.5 Å². The molecular weight excluding hydrogens is 236 g/mol. The molecule has 4 nitrogen and oxygen atoms in total. The van der Waals surface area contributed by atoms with Gasteiger partial charge < -0.3 is 5.73 Å². The number of anilines is 1. The van der Waals surface area contributed by atoms with Crippen molar-refractivity contribution in [2.45, 2.75) is 32.9 Å². The average Bonchev–Trinajstić information content (AvgIpc) is 2.22. The highest BCUT2D eigenvalue weighted by molar-refractivity contribution is 7.93. The number of rotatable bonds is 4. The Morgan fingerprint density at radius 2 is 1.71 bits per heavy atom. The van der Waals surface area contributed by atoms with E-state index in [1.807, 2.05) is 32.9 Å². The number of hydrogen-bond donors (Lipinski definition) is 2. The molecule has 1 rings (SSSR count). The molecule has 17 heavy (non-hydrogen) atoms. The minimum Gasteiger partial charge on any atom is -0.329 e. The van der Waals surface area contributed by atoms with E-state index in [0.717, 1.165) is 16.7 Å². The second kappa shape index (κ2) is 5.06. The SMILES string of the molecule is Cc1cc(C)c(NS(=O)(=O)C(C)CN)c(C)c1. The molecule has 0 saturated heterocycles. The summed E-state index contributed by atoms with van der Waals surface area (Å²) in [7, 11) is -3.40. The van der Waals surface area contributed by atoms with Crippen LogP contribution >= 0.6 is 0 Å². The van der Waals surface area contributed by atoms with Gasteiger partial charge in [-0.3, -0.25) is 4.72 Å². The minimum atomic E-state index is -3.40. The molecule has 0 aromatic heterocycles. The van der Waals surface area contributed by atoms with Crippen LogP contribution in [0.1, 0.15) is 23.6 Å². The van der Waals surface area contributed by atoms with E-state index in [1.54, 1.807) is 6.92 Å². The van der Waals surface area contributed by atoms with E-state index in [2.05, 4.69) is 4.72 Å². The Kier molecular flexibility index (Phi) is 4.16. The molecule has 1 aromatic carbocycles. The summed E-state index contributed by atoms with van der Waals surface area (Å²) in [5.74, 6) is 0. The lowest BCUT2D eigenvalue weighted by Gasteiger charge is -2.17. The monoisotopic (exact) mass is 256 g/mol. The summed E-state index contributed by atoms with van der Waals surface area (Å²) in [5, 5.41) is -0.595. The molecule has 0 saturated carbocycles. The highest BCUT2D eigenvalue weighted by Gasteiger charge is 2.20. The Morgan fingerprint density at radius 1 is 1.24 bits per heavy atom. The van der Waals surface area contributed by atoms with Gasteiger partial charge in [0.25, 0.3) is 0 Å². The zero-order valence-corrected chi connectivity index (χ0v) is 11.6. The molecule has 1 atom stereocenters. The van der Waals surface area contributed by atoms with E-state index in [9.17, 15) is 8.42 Å². The number of nitrogens with one attached hydrogen (secondary N) is 1. The van der Waals surface area contributed by atoms with Crippen LogP contribution in [0, 0.1) is 20.8 Å². The van der Waals surface area contributed by atoms with Crippen LogP contribution in [-0.2, 0) is 10.0 Å². The quantitative estimate of drug-likeness (QED) is 0.861. The summed E-state index contributed by atoms with van der Waals surface area (Å²) >= 11 is 0. The van der Waals surface area contributed by atoms with E-state index >= 15 is 0 Å². The van der Waals surface area contributed by atoms with Crippen LogP contribution in [0.5, 0.6) is 0 Å². The first-order valence-corrected chi connectivity index (χ1v) is 7.12.